The first-order chi connectivity index (χ1) is 7.83. The van der Waals surface area contributed by atoms with Crippen LogP contribution in [-0.4, -0.2) is 16.4 Å². The van der Waals surface area contributed by atoms with E-state index in [-0.39, 0.29) is 6.61 Å². The molecule has 2 aromatic rings. The summed E-state index contributed by atoms with van der Waals surface area (Å²) in [4.78, 5) is 14.4. The van der Waals surface area contributed by atoms with Crippen LogP contribution in [0.4, 0.5) is 0 Å². The summed E-state index contributed by atoms with van der Waals surface area (Å²) in [5.74, 6) is 0. The number of aliphatic hydroxyl groups excluding tert-OH is 1. The number of nitrogens with zero attached hydrogens (tertiary/aromatic N) is 1. The Balaban J connectivity index is 2.31. The van der Waals surface area contributed by atoms with E-state index in [2.05, 4.69) is 4.98 Å². The molecule has 0 fully saturated rings. The van der Waals surface area contributed by atoms with Crippen LogP contribution in [-0.2, 0) is 6.61 Å². The van der Waals surface area contributed by atoms with Gasteiger partial charge in [-0.25, -0.2) is 0 Å². The van der Waals surface area contributed by atoms with Gasteiger partial charge in [0.2, 0.25) is 0 Å². The lowest BCUT2D eigenvalue weighted by atomic mass is 10.1. The maximum absolute atomic E-state index is 10.4. The van der Waals surface area contributed by atoms with Gasteiger partial charge in [-0.3, -0.25) is 9.78 Å². The second kappa shape index (κ2) is 4.68. The van der Waals surface area contributed by atoms with Gasteiger partial charge in [0.25, 0.3) is 0 Å². The van der Waals surface area contributed by atoms with Crippen molar-refractivity contribution < 1.29 is 9.90 Å². The summed E-state index contributed by atoms with van der Waals surface area (Å²) in [6, 6.07) is 11.1. The molecule has 1 aromatic carbocycles. The number of aliphatic hydroxyl groups is 1. The molecule has 0 aliphatic rings. The van der Waals surface area contributed by atoms with E-state index in [9.17, 15) is 4.79 Å². The van der Waals surface area contributed by atoms with Gasteiger partial charge < -0.3 is 5.11 Å². The molecule has 1 aromatic heterocycles. The highest BCUT2D eigenvalue weighted by Gasteiger charge is 1.98. The second-order valence-corrected chi connectivity index (χ2v) is 3.44. The van der Waals surface area contributed by atoms with Crippen LogP contribution < -0.4 is 0 Å². The number of hydrogen-bond donors (Lipinski definition) is 1. The predicted molar refractivity (Wildman–Crippen MR) is 61.0 cm³/mol. The number of pyridine rings is 1. The molecule has 0 saturated carbocycles. The zero-order chi connectivity index (χ0) is 11.4. The molecule has 0 amide bonds. The molecule has 16 heavy (non-hydrogen) atoms. The molecule has 0 aliphatic carbocycles. The van der Waals surface area contributed by atoms with Gasteiger partial charge in [0.1, 0.15) is 5.69 Å². The number of carbonyl (C=O) groups excluding carboxylic acids is 1. The SMILES string of the molecule is O=Cc1ccc(-c2ccc(CO)cc2)cn1. The van der Waals surface area contributed by atoms with Gasteiger partial charge >= 0.3 is 0 Å². The minimum absolute atomic E-state index is 0.0443. The number of aldehydes is 1. The van der Waals surface area contributed by atoms with Crippen LogP contribution in [0.15, 0.2) is 42.6 Å². The van der Waals surface area contributed by atoms with Crippen LogP contribution in [0.25, 0.3) is 11.1 Å². The van der Waals surface area contributed by atoms with Crippen LogP contribution in [0.2, 0.25) is 0 Å². The quantitative estimate of drug-likeness (QED) is 0.794. The molecule has 0 unspecified atom stereocenters. The molecule has 0 atom stereocenters. The first-order valence-electron chi connectivity index (χ1n) is 4.95. The Morgan fingerprint density at radius 1 is 1.06 bits per heavy atom. The van der Waals surface area contributed by atoms with E-state index in [4.69, 9.17) is 5.11 Å². The monoisotopic (exact) mass is 213 g/mol. The van der Waals surface area contributed by atoms with E-state index in [0.29, 0.717) is 5.69 Å². The van der Waals surface area contributed by atoms with Crippen molar-refractivity contribution in [2.24, 2.45) is 0 Å². The summed E-state index contributed by atoms with van der Waals surface area (Å²) in [7, 11) is 0. The Labute approximate surface area is 93.4 Å². The van der Waals surface area contributed by atoms with Crippen molar-refractivity contribution in [1.29, 1.82) is 0 Å². The second-order valence-electron chi connectivity index (χ2n) is 3.44. The number of hydrogen-bond acceptors (Lipinski definition) is 3. The molecule has 0 spiro atoms. The van der Waals surface area contributed by atoms with Crippen LogP contribution in [0.3, 0.4) is 0 Å². The van der Waals surface area contributed by atoms with Crippen LogP contribution in [0.1, 0.15) is 16.1 Å². The Morgan fingerprint density at radius 3 is 2.25 bits per heavy atom. The third-order valence-electron chi connectivity index (χ3n) is 2.38. The van der Waals surface area contributed by atoms with Gasteiger partial charge in [0, 0.05) is 11.8 Å². The highest BCUT2D eigenvalue weighted by Crippen LogP contribution is 2.18. The zero-order valence-electron chi connectivity index (χ0n) is 8.63. The molecule has 1 N–H and O–H groups in total. The van der Waals surface area contributed by atoms with Crippen LogP contribution in [0, 0.1) is 0 Å². The van der Waals surface area contributed by atoms with Gasteiger partial charge in [0.05, 0.1) is 6.61 Å². The van der Waals surface area contributed by atoms with E-state index in [0.717, 1.165) is 23.0 Å². The highest BCUT2D eigenvalue weighted by molar-refractivity contribution is 5.73. The summed E-state index contributed by atoms with van der Waals surface area (Å²) in [5.41, 5.74) is 3.27. The number of aromatic nitrogens is 1. The van der Waals surface area contributed by atoms with Gasteiger partial charge in [-0.15, -0.1) is 0 Å². The summed E-state index contributed by atoms with van der Waals surface area (Å²) < 4.78 is 0. The molecule has 80 valence electrons. The minimum atomic E-state index is 0.0443. The minimum Gasteiger partial charge on any atom is -0.392 e. The van der Waals surface area contributed by atoms with Crippen molar-refractivity contribution in [3.8, 4) is 11.1 Å². The van der Waals surface area contributed by atoms with Gasteiger partial charge in [0.15, 0.2) is 6.29 Å². The molecule has 0 saturated heterocycles. The number of carbonyl (C=O) groups is 1. The van der Waals surface area contributed by atoms with Gasteiger partial charge in [-0.2, -0.15) is 0 Å². The van der Waals surface area contributed by atoms with Crippen molar-refractivity contribution in [3.63, 3.8) is 0 Å². The molecule has 3 nitrogen and oxygen atoms in total. The fourth-order valence-electron chi connectivity index (χ4n) is 1.45. The lowest BCUT2D eigenvalue weighted by Gasteiger charge is -2.02. The zero-order valence-corrected chi connectivity index (χ0v) is 8.63. The predicted octanol–water partition coefficient (Wildman–Crippen LogP) is 2.05. The Kier molecular flexibility index (Phi) is 3.08. The van der Waals surface area contributed by atoms with Crippen molar-refractivity contribution in [3.05, 3.63) is 53.9 Å². The van der Waals surface area contributed by atoms with E-state index in [1.807, 2.05) is 30.3 Å². The third-order valence-corrected chi connectivity index (χ3v) is 2.38. The normalized spacial score (nSPS) is 10.1. The maximum Gasteiger partial charge on any atom is 0.168 e. The fourth-order valence-corrected chi connectivity index (χ4v) is 1.45. The lowest BCUT2D eigenvalue weighted by molar-refractivity contribution is 0.111. The van der Waals surface area contributed by atoms with Gasteiger partial charge in [-0.05, 0) is 17.2 Å². The molecule has 1 heterocycles. The molecule has 0 aliphatic heterocycles. The lowest BCUT2D eigenvalue weighted by Crippen LogP contribution is -1.87. The fraction of sp³-hybridized carbons (Fsp3) is 0.0769. The van der Waals surface area contributed by atoms with E-state index < -0.39 is 0 Å². The van der Waals surface area contributed by atoms with Crippen molar-refractivity contribution in [2.45, 2.75) is 6.61 Å². The van der Waals surface area contributed by atoms with E-state index >= 15 is 0 Å². The molecule has 0 radical (unpaired) electrons. The van der Waals surface area contributed by atoms with Crippen molar-refractivity contribution in [1.82, 2.24) is 4.98 Å². The molecular weight excluding hydrogens is 202 g/mol. The topological polar surface area (TPSA) is 50.2 Å². The van der Waals surface area contributed by atoms with E-state index in [1.54, 1.807) is 12.3 Å². The van der Waals surface area contributed by atoms with Gasteiger partial charge in [-0.1, -0.05) is 30.3 Å². The number of rotatable bonds is 3. The third kappa shape index (κ3) is 2.15. The van der Waals surface area contributed by atoms with Crippen LogP contribution >= 0.6 is 0 Å². The highest BCUT2D eigenvalue weighted by atomic mass is 16.3. The average Bonchev–Trinajstić information content (AvgIpc) is 2.39. The molecular formula is C13H11NO2. The molecule has 3 heteroatoms. The standard InChI is InChI=1S/C13H11NO2/c15-8-10-1-3-11(4-2-10)12-5-6-13(9-16)14-7-12/h1-7,9,15H,8H2. The summed E-state index contributed by atoms with van der Waals surface area (Å²) in [6.45, 7) is 0.0443. The summed E-state index contributed by atoms with van der Waals surface area (Å²) in [5, 5.41) is 8.92. The van der Waals surface area contributed by atoms with E-state index in [1.165, 1.54) is 0 Å². The first kappa shape index (κ1) is 10.5. The van der Waals surface area contributed by atoms with Crippen LogP contribution in [0.5, 0.6) is 0 Å². The Bertz CT molecular complexity index is 474. The molecule has 2 rings (SSSR count). The smallest absolute Gasteiger partial charge is 0.168 e. The average molecular weight is 213 g/mol. The van der Waals surface area contributed by atoms with Crippen molar-refractivity contribution >= 4 is 6.29 Å². The largest absolute Gasteiger partial charge is 0.392 e. The molecule has 0 bridgehead atoms. The summed E-state index contributed by atoms with van der Waals surface area (Å²) >= 11 is 0. The Hall–Kier alpha value is -2.00. The first-order valence-corrected chi connectivity index (χ1v) is 4.95. The van der Waals surface area contributed by atoms with Crippen molar-refractivity contribution in [2.75, 3.05) is 0 Å². The Morgan fingerprint density at radius 2 is 1.75 bits per heavy atom. The maximum atomic E-state index is 10.4. The summed E-state index contributed by atoms with van der Waals surface area (Å²) in [6.07, 6.45) is 2.39. The number of benzene rings is 1.